The highest BCUT2D eigenvalue weighted by Gasteiger charge is 2.36. The highest BCUT2D eigenvalue weighted by atomic mass is 35.5. The lowest BCUT2D eigenvalue weighted by Crippen LogP contribution is -2.29. The smallest absolute Gasteiger partial charge is 0.339 e. The van der Waals surface area contributed by atoms with E-state index >= 15 is 0 Å². The molecule has 5 aromatic rings. The summed E-state index contributed by atoms with van der Waals surface area (Å²) < 4.78 is 5.45. The monoisotopic (exact) mass is 574 g/mol. The van der Waals surface area contributed by atoms with Crippen LogP contribution in [0.15, 0.2) is 91.0 Å². The highest BCUT2D eigenvalue weighted by Crippen LogP contribution is 2.32. The Hall–Kier alpha value is -5.14. The van der Waals surface area contributed by atoms with Crippen LogP contribution in [0.25, 0.3) is 22.2 Å². The number of ether oxygens (including phenoxy) is 1. The first-order valence-electron chi connectivity index (χ1n) is 13.2. The van der Waals surface area contributed by atoms with Crippen molar-refractivity contribution < 1.29 is 23.9 Å². The number of amides is 2. The number of carbonyl (C=O) groups is 4. The summed E-state index contributed by atoms with van der Waals surface area (Å²) in [6.07, 6.45) is 0. The molecule has 0 spiro atoms. The van der Waals surface area contributed by atoms with Crippen LogP contribution in [0.3, 0.4) is 0 Å². The lowest BCUT2D eigenvalue weighted by molar-refractivity contribution is 0.0476. The summed E-state index contributed by atoms with van der Waals surface area (Å²) in [4.78, 5) is 57.7. The number of aryl methyl sites for hydroxylation is 2. The summed E-state index contributed by atoms with van der Waals surface area (Å²) in [5, 5.41) is 0.828. The minimum absolute atomic E-state index is 0.204. The Morgan fingerprint density at radius 3 is 2.17 bits per heavy atom. The van der Waals surface area contributed by atoms with Crippen molar-refractivity contribution in [2.75, 3.05) is 11.5 Å². The first kappa shape index (κ1) is 27.1. The van der Waals surface area contributed by atoms with Crippen molar-refractivity contribution in [1.82, 2.24) is 4.98 Å². The number of benzene rings is 4. The molecule has 1 aromatic heterocycles. The SMILES string of the molecule is Cc1ccc(C(=O)COC(=O)c2cc(-c3ccc(N4C(=O)c5ccccc5C4=O)cc3)nc3c(Cl)cccc23)cc1C. The average molecular weight is 575 g/mol. The van der Waals surface area contributed by atoms with E-state index < -0.39 is 12.6 Å². The van der Waals surface area contributed by atoms with Crippen molar-refractivity contribution in [2.45, 2.75) is 13.8 Å². The Bertz CT molecular complexity index is 1910. The fraction of sp³-hybridized carbons (Fsp3) is 0.0882. The third kappa shape index (κ3) is 4.74. The second-order valence-electron chi connectivity index (χ2n) is 10.0. The van der Waals surface area contributed by atoms with Gasteiger partial charge < -0.3 is 4.74 Å². The van der Waals surface area contributed by atoms with Crippen LogP contribution in [-0.4, -0.2) is 35.2 Å². The molecule has 0 fully saturated rings. The van der Waals surface area contributed by atoms with E-state index in [0.29, 0.717) is 49.6 Å². The molecule has 0 N–H and O–H groups in total. The van der Waals surface area contributed by atoms with Gasteiger partial charge in [-0.05, 0) is 67.4 Å². The number of esters is 1. The van der Waals surface area contributed by atoms with Crippen LogP contribution in [0.1, 0.15) is 52.6 Å². The van der Waals surface area contributed by atoms with E-state index in [4.69, 9.17) is 16.3 Å². The van der Waals surface area contributed by atoms with Gasteiger partial charge in [0.1, 0.15) is 0 Å². The number of imide groups is 1. The van der Waals surface area contributed by atoms with E-state index in [9.17, 15) is 19.2 Å². The maximum atomic E-state index is 13.3. The number of nitrogens with zero attached hydrogens (tertiary/aromatic N) is 2. The number of para-hydroxylation sites is 1. The van der Waals surface area contributed by atoms with Gasteiger partial charge in [0, 0.05) is 16.5 Å². The third-order valence-electron chi connectivity index (χ3n) is 7.39. The van der Waals surface area contributed by atoms with Crippen LogP contribution in [0.4, 0.5) is 5.69 Å². The summed E-state index contributed by atoms with van der Waals surface area (Å²) in [5.74, 6) is -1.78. The van der Waals surface area contributed by atoms with Crippen LogP contribution >= 0.6 is 11.6 Å². The summed E-state index contributed by atoms with van der Waals surface area (Å²) in [7, 11) is 0. The molecule has 206 valence electrons. The van der Waals surface area contributed by atoms with Crippen molar-refractivity contribution in [1.29, 1.82) is 0 Å². The molecule has 42 heavy (non-hydrogen) atoms. The van der Waals surface area contributed by atoms with E-state index in [2.05, 4.69) is 4.98 Å². The van der Waals surface area contributed by atoms with E-state index in [0.717, 1.165) is 16.0 Å². The Morgan fingerprint density at radius 2 is 1.50 bits per heavy atom. The Labute approximate surface area is 246 Å². The predicted octanol–water partition coefficient (Wildman–Crippen LogP) is 7.01. The summed E-state index contributed by atoms with van der Waals surface area (Å²) in [6, 6.07) is 25.4. The van der Waals surface area contributed by atoms with E-state index in [-0.39, 0.29) is 23.2 Å². The molecular formula is C34H23ClN2O5. The quantitative estimate of drug-likeness (QED) is 0.123. The van der Waals surface area contributed by atoms with Crippen LogP contribution in [0, 0.1) is 13.8 Å². The minimum Gasteiger partial charge on any atom is -0.454 e. The van der Waals surface area contributed by atoms with Gasteiger partial charge in [-0.25, -0.2) is 14.7 Å². The summed E-state index contributed by atoms with van der Waals surface area (Å²) in [6.45, 7) is 3.45. The van der Waals surface area contributed by atoms with Crippen molar-refractivity contribution >= 4 is 51.8 Å². The van der Waals surface area contributed by atoms with E-state index in [1.807, 2.05) is 19.9 Å². The van der Waals surface area contributed by atoms with Gasteiger partial charge in [0.25, 0.3) is 11.8 Å². The molecule has 2 amide bonds. The lowest BCUT2D eigenvalue weighted by Gasteiger charge is -2.15. The zero-order valence-electron chi connectivity index (χ0n) is 22.7. The molecule has 2 heterocycles. The van der Waals surface area contributed by atoms with Gasteiger partial charge in [-0.1, -0.05) is 60.1 Å². The topological polar surface area (TPSA) is 93.6 Å². The number of fused-ring (bicyclic) bond motifs is 2. The van der Waals surface area contributed by atoms with Gasteiger partial charge in [0.05, 0.1) is 38.6 Å². The molecule has 6 rings (SSSR count). The summed E-state index contributed by atoms with van der Waals surface area (Å²) in [5.41, 5.74) is 5.28. The predicted molar refractivity (Wildman–Crippen MR) is 160 cm³/mol. The maximum Gasteiger partial charge on any atom is 0.339 e. The molecule has 8 heteroatoms. The molecule has 1 aliphatic heterocycles. The number of Topliss-reactive ketones (excluding diaryl/α,β-unsaturated/α-hetero) is 1. The zero-order valence-corrected chi connectivity index (χ0v) is 23.4. The molecule has 1 aliphatic rings. The fourth-order valence-electron chi connectivity index (χ4n) is 4.94. The van der Waals surface area contributed by atoms with Gasteiger partial charge in [-0.3, -0.25) is 14.4 Å². The highest BCUT2D eigenvalue weighted by molar-refractivity contribution is 6.35. The van der Waals surface area contributed by atoms with Gasteiger partial charge in [-0.15, -0.1) is 0 Å². The maximum absolute atomic E-state index is 13.3. The molecule has 0 atom stereocenters. The Balaban J connectivity index is 1.30. The number of pyridine rings is 1. The normalized spacial score (nSPS) is 12.5. The first-order valence-corrected chi connectivity index (χ1v) is 13.6. The third-order valence-corrected chi connectivity index (χ3v) is 7.69. The molecule has 0 bridgehead atoms. The minimum atomic E-state index is -0.689. The largest absolute Gasteiger partial charge is 0.454 e. The van der Waals surface area contributed by atoms with Crippen molar-refractivity contribution in [3.63, 3.8) is 0 Å². The second kappa shape index (κ2) is 10.7. The molecule has 0 saturated heterocycles. The van der Waals surface area contributed by atoms with Gasteiger partial charge in [0.15, 0.2) is 12.4 Å². The standard InChI is InChI=1S/C34H23ClN2O5/c1-19-10-11-22(16-20(19)2)30(38)18-42-34(41)27-17-29(36-31-24(27)8-5-9-28(31)35)21-12-14-23(15-13-21)37-32(39)25-6-3-4-7-26(25)33(37)40/h3-17H,18H2,1-2H3. The number of anilines is 1. The van der Waals surface area contributed by atoms with Crippen molar-refractivity contribution in [3.8, 4) is 11.3 Å². The Kier molecular flexibility index (Phi) is 6.88. The molecular weight excluding hydrogens is 552 g/mol. The fourth-order valence-corrected chi connectivity index (χ4v) is 5.16. The number of hydrogen-bond donors (Lipinski definition) is 0. The number of ketones is 1. The molecule has 4 aromatic carbocycles. The number of aromatic nitrogens is 1. The average Bonchev–Trinajstić information content (AvgIpc) is 3.26. The number of halogens is 1. The van der Waals surface area contributed by atoms with Crippen molar-refractivity contribution in [2.24, 2.45) is 0 Å². The van der Waals surface area contributed by atoms with Crippen LogP contribution < -0.4 is 4.90 Å². The van der Waals surface area contributed by atoms with E-state index in [1.54, 1.807) is 84.9 Å². The number of rotatable bonds is 6. The van der Waals surface area contributed by atoms with Crippen LogP contribution in [-0.2, 0) is 4.74 Å². The molecule has 0 unspecified atom stereocenters. The molecule has 0 radical (unpaired) electrons. The zero-order chi connectivity index (χ0) is 29.5. The Morgan fingerprint density at radius 1 is 0.810 bits per heavy atom. The van der Waals surface area contributed by atoms with E-state index in [1.165, 1.54) is 0 Å². The first-order chi connectivity index (χ1) is 20.2. The van der Waals surface area contributed by atoms with Gasteiger partial charge >= 0.3 is 5.97 Å². The molecule has 7 nitrogen and oxygen atoms in total. The summed E-state index contributed by atoms with van der Waals surface area (Å²) >= 11 is 6.47. The van der Waals surface area contributed by atoms with Crippen LogP contribution in [0.2, 0.25) is 5.02 Å². The number of hydrogen-bond acceptors (Lipinski definition) is 6. The molecule has 0 aliphatic carbocycles. The molecule has 0 saturated carbocycles. The van der Waals surface area contributed by atoms with Gasteiger partial charge in [0.2, 0.25) is 0 Å². The van der Waals surface area contributed by atoms with Gasteiger partial charge in [-0.2, -0.15) is 0 Å². The van der Waals surface area contributed by atoms with Crippen LogP contribution in [0.5, 0.6) is 0 Å². The van der Waals surface area contributed by atoms with Crippen molar-refractivity contribution in [3.05, 3.63) is 129 Å². The number of carbonyl (C=O) groups excluding carboxylic acids is 4. The lowest BCUT2D eigenvalue weighted by atomic mass is 10.0. The second-order valence-corrected chi connectivity index (χ2v) is 10.4.